The maximum atomic E-state index is 10.4. The van der Waals surface area contributed by atoms with Gasteiger partial charge in [0.1, 0.15) is 5.82 Å². The Morgan fingerprint density at radius 2 is 2.25 bits per heavy atom. The molecule has 0 aliphatic heterocycles. The molecular formula is C19H28N6O3. The predicted octanol–water partition coefficient (Wildman–Crippen LogP) is 1.75. The molecule has 2 N–H and O–H groups in total. The van der Waals surface area contributed by atoms with Gasteiger partial charge in [-0.15, -0.1) is 10.2 Å². The number of rotatable bonds is 8. The smallest absolute Gasteiger partial charge is 0.216 e. The van der Waals surface area contributed by atoms with Gasteiger partial charge in [-0.1, -0.05) is 13.3 Å². The van der Waals surface area contributed by atoms with E-state index < -0.39 is 6.41 Å². The van der Waals surface area contributed by atoms with Crippen molar-refractivity contribution in [2.45, 2.75) is 44.6 Å². The van der Waals surface area contributed by atoms with Crippen LogP contribution >= 0.6 is 0 Å². The Kier molecular flexibility index (Phi) is 5.58. The lowest BCUT2D eigenvalue weighted by Crippen LogP contribution is -2.38. The van der Waals surface area contributed by atoms with Gasteiger partial charge in [-0.2, -0.15) is 0 Å². The topological polar surface area (TPSA) is 101 Å². The molecule has 4 rings (SSSR count). The fourth-order valence-electron chi connectivity index (χ4n) is 4.21. The Morgan fingerprint density at radius 3 is 3.04 bits per heavy atom. The molecule has 9 nitrogen and oxygen atoms in total. The minimum atomic E-state index is -0.938. The van der Waals surface area contributed by atoms with Crippen LogP contribution in [0.15, 0.2) is 18.5 Å². The molecule has 3 heterocycles. The van der Waals surface area contributed by atoms with Crippen LogP contribution in [0.5, 0.6) is 0 Å². The van der Waals surface area contributed by atoms with Crippen molar-refractivity contribution in [2.75, 3.05) is 27.3 Å². The van der Waals surface area contributed by atoms with Crippen LogP contribution in [-0.4, -0.2) is 74.4 Å². The Balaban J connectivity index is 1.55. The van der Waals surface area contributed by atoms with Gasteiger partial charge in [-0.25, -0.2) is 4.98 Å². The van der Waals surface area contributed by atoms with Crippen LogP contribution in [0.2, 0.25) is 0 Å². The van der Waals surface area contributed by atoms with Crippen LogP contribution in [-0.2, 0) is 9.47 Å². The number of hydrogen-bond acceptors (Lipinski definition) is 7. The molecule has 0 spiro atoms. The molecule has 1 aliphatic rings. The van der Waals surface area contributed by atoms with Crippen molar-refractivity contribution >= 4 is 16.8 Å². The summed E-state index contributed by atoms with van der Waals surface area (Å²) in [6.45, 7) is 3.35. The quantitative estimate of drug-likeness (QED) is 0.567. The number of methoxy groups -OCH3 is 1. The molecule has 9 heteroatoms. The molecule has 1 aliphatic carbocycles. The molecule has 4 atom stereocenters. The largest absolute Gasteiger partial charge is 0.383 e. The average molecular weight is 388 g/mol. The molecule has 3 aromatic rings. The molecule has 1 fully saturated rings. The highest BCUT2D eigenvalue weighted by Gasteiger charge is 2.39. The van der Waals surface area contributed by atoms with Crippen molar-refractivity contribution in [3.8, 4) is 0 Å². The van der Waals surface area contributed by atoms with Crippen molar-refractivity contribution in [1.82, 2.24) is 29.5 Å². The fourth-order valence-corrected chi connectivity index (χ4v) is 4.21. The number of aromatic nitrogens is 5. The fraction of sp³-hybridized carbons (Fsp3) is 0.632. The molecule has 0 amide bonds. The number of aromatic amines is 1. The van der Waals surface area contributed by atoms with Crippen molar-refractivity contribution in [1.29, 1.82) is 0 Å². The maximum Gasteiger partial charge on any atom is 0.216 e. The lowest BCUT2D eigenvalue weighted by atomic mass is 9.93. The summed E-state index contributed by atoms with van der Waals surface area (Å²) in [6, 6.07) is 2.00. The van der Waals surface area contributed by atoms with E-state index in [1.165, 1.54) is 0 Å². The third-order valence-electron chi connectivity index (χ3n) is 5.81. The normalized spacial score (nSPS) is 24.0. The minimum Gasteiger partial charge on any atom is -0.383 e. The number of H-pyrrole nitrogens is 1. The summed E-state index contributed by atoms with van der Waals surface area (Å²) >= 11 is 0. The van der Waals surface area contributed by atoms with Gasteiger partial charge >= 0.3 is 0 Å². The van der Waals surface area contributed by atoms with Gasteiger partial charge < -0.3 is 19.6 Å². The Labute approximate surface area is 163 Å². The molecule has 0 saturated heterocycles. The summed E-state index contributed by atoms with van der Waals surface area (Å²) in [5.74, 6) is 1.60. The zero-order valence-corrected chi connectivity index (χ0v) is 16.6. The van der Waals surface area contributed by atoms with E-state index in [1.54, 1.807) is 18.2 Å². The summed E-state index contributed by atoms with van der Waals surface area (Å²) in [4.78, 5) is 9.29. The lowest BCUT2D eigenvalue weighted by molar-refractivity contribution is -0.211. The summed E-state index contributed by atoms with van der Waals surface area (Å²) < 4.78 is 13.1. The first-order chi connectivity index (χ1) is 13.6. The van der Waals surface area contributed by atoms with Crippen LogP contribution in [0, 0.1) is 5.92 Å². The van der Waals surface area contributed by atoms with E-state index >= 15 is 0 Å². The first-order valence-corrected chi connectivity index (χ1v) is 9.82. The standard InChI is InChI=1S/C19H28N6O3/c1-4-12-9-13(28-19(26)24(2)7-8-27-3)10-14(12)18-23-22-16-11-21-17-15(25(16)18)5-6-20-17/h5-6,11-14,19-20,26H,4,7-10H2,1-3H3/t12-,13+,14+,19?/m1/s1. The van der Waals surface area contributed by atoms with Crippen molar-refractivity contribution in [2.24, 2.45) is 5.92 Å². The van der Waals surface area contributed by atoms with Gasteiger partial charge in [0.15, 0.2) is 11.3 Å². The summed E-state index contributed by atoms with van der Waals surface area (Å²) in [6.07, 6.45) is 5.39. The maximum absolute atomic E-state index is 10.4. The first kappa shape index (κ1) is 19.3. The molecule has 1 unspecified atom stereocenters. The van der Waals surface area contributed by atoms with Gasteiger partial charge in [0.2, 0.25) is 6.41 Å². The van der Waals surface area contributed by atoms with Crippen molar-refractivity contribution < 1.29 is 14.6 Å². The average Bonchev–Trinajstić information content (AvgIpc) is 3.41. The Morgan fingerprint density at radius 1 is 1.39 bits per heavy atom. The third kappa shape index (κ3) is 3.50. The summed E-state index contributed by atoms with van der Waals surface area (Å²) in [7, 11) is 3.48. The van der Waals surface area contributed by atoms with E-state index in [9.17, 15) is 5.11 Å². The van der Waals surface area contributed by atoms with Crippen molar-refractivity contribution in [3.63, 3.8) is 0 Å². The van der Waals surface area contributed by atoms with Crippen LogP contribution in [0.25, 0.3) is 16.8 Å². The Hall–Kier alpha value is -2.07. The van der Waals surface area contributed by atoms with E-state index in [0.717, 1.165) is 41.9 Å². The monoisotopic (exact) mass is 388 g/mol. The third-order valence-corrected chi connectivity index (χ3v) is 5.81. The zero-order chi connectivity index (χ0) is 19.7. The highest BCUT2D eigenvalue weighted by atomic mass is 16.6. The van der Waals surface area contributed by atoms with Gasteiger partial charge in [-0.05, 0) is 31.9 Å². The molecular weight excluding hydrogens is 360 g/mol. The molecule has 28 heavy (non-hydrogen) atoms. The number of ether oxygens (including phenoxy) is 2. The molecule has 0 aromatic carbocycles. The summed E-state index contributed by atoms with van der Waals surface area (Å²) in [5, 5.41) is 19.2. The summed E-state index contributed by atoms with van der Waals surface area (Å²) in [5.41, 5.74) is 2.55. The lowest BCUT2D eigenvalue weighted by Gasteiger charge is -2.25. The van der Waals surface area contributed by atoms with E-state index in [2.05, 4.69) is 31.5 Å². The van der Waals surface area contributed by atoms with E-state index in [4.69, 9.17) is 9.47 Å². The van der Waals surface area contributed by atoms with E-state index in [-0.39, 0.29) is 12.0 Å². The number of aliphatic hydroxyl groups excluding tert-OH is 1. The highest BCUT2D eigenvalue weighted by molar-refractivity contribution is 5.74. The van der Waals surface area contributed by atoms with Gasteiger partial charge in [0.05, 0.1) is 24.4 Å². The van der Waals surface area contributed by atoms with Crippen LogP contribution in [0.4, 0.5) is 0 Å². The number of aliphatic hydroxyl groups is 1. The Bertz CT molecular complexity index is 925. The molecule has 0 radical (unpaired) electrons. The minimum absolute atomic E-state index is 0.0224. The number of nitrogens with zero attached hydrogens (tertiary/aromatic N) is 5. The van der Waals surface area contributed by atoms with Gasteiger partial charge in [0, 0.05) is 25.8 Å². The number of hydrogen-bond donors (Lipinski definition) is 2. The van der Waals surface area contributed by atoms with Crippen LogP contribution in [0.1, 0.15) is 37.9 Å². The molecule has 1 saturated carbocycles. The number of likely N-dealkylation sites (N-methyl/N-ethyl adjacent to an activating group) is 1. The second kappa shape index (κ2) is 8.12. The molecule has 152 valence electrons. The number of fused-ring (bicyclic) bond motifs is 3. The van der Waals surface area contributed by atoms with Crippen molar-refractivity contribution in [3.05, 3.63) is 24.3 Å². The SMILES string of the molecule is CC[C@@H]1C[C@H](OC(O)N(C)CCOC)C[C@@H]1c1nnc2cnc3[nH]ccc3n12. The van der Waals surface area contributed by atoms with E-state index in [0.29, 0.717) is 19.1 Å². The number of nitrogens with one attached hydrogen (secondary N) is 1. The van der Waals surface area contributed by atoms with Crippen LogP contribution in [0.3, 0.4) is 0 Å². The van der Waals surface area contributed by atoms with Gasteiger partial charge in [0.25, 0.3) is 0 Å². The second-order valence-corrected chi connectivity index (χ2v) is 7.53. The molecule has 0 bridgehead atoms. The highest BCUT2D eigenvalue weighted by Crippen LogP contribution is 2.42. The van der Waals surface area contributed by atoms with E-state index in [1.807, 2.05) is 19.3 Å². The zero-order valence-electron chi connectivity index (χ0n) is 16.6. The van der Waals surface area contributed by atoms with Gasteiger partial charge in [-0.3, -0.25) is 9.30 Å². The molecule has 3 aromatic heterocycles. The second-order valence-electron chi connectivity index (χ2n) is 7.53. The predicted molar refractivity (Wildman–Crippen MR) is 104 cm³/mol. The van der Waals surface area contributed by atoms with Crippen LogP contribution < -0.4 is 0 Å². The first-order valence-electron chi connectivity index (χ1n) is 9.82.